The summed E-state index contributed by atoms with van der Waals surface area (Å²) in [5, 5.41) is 0. The molecule has 0 spiro atoms. The van der Waals surface area contributed by atoms with E-state index in [0.29, 0.717) is 0 Å². The third-order valence-electron chi connectivity index (χ3n) is 2.74. The molecule has 0 saturated heterocycles. The molecule has 1 unspecified atom stereocenters. The van der Waals surface area contributed by atoms with E-state index in [9.17, 15) is 0 Å². The molecule has 1 rings (SSSR count). The molecule has 0 fully saturated rings. The van der Waals surface area contributed by atoms with E-state index in [-0.39, 0.29) is 11.5 Å². The van der Waals surface area contributed by atoms with Crippen LogP contribution in [0, 0.1) is 0 Å². The van der Waals surface area contributed by atoms with Crippen LogP contribution < -0.4 is 5.90 Å². The van der Waals surface area contributed by atoms with Crippen LogP contribution in [-0.4, -0.2) is 6.10 Å². The van der Waals surface area contributed by atoms with E-state index in [1.165, 1.54) is 5.56 Å². The van der Waals surface area contributed by atoms with Gasteiger partial charge in [0.15, 0.2) is 0 Å². The standard InChI is InChI=1S/C11H17NO/c1-9(13-12)11(2,3)10-7-5-4-6-8-10/h4-9H,12H2,1-3H3. The molecular formula is C11H17NO. The van der Waals surface area contributed by atoms with Crippen LogP contribution in [0.1, 0.15) is 26.3 Å². The molecular weight excluding hydrogens is 162 g/mol. The van der Waals surface area contributed by atoms with Gasteiger partial charge in [0, 0.05) is 5.41 Å². The normalized spacial score (nSPS) is 14.2. The number of hydrogen-bond donors (Lipinski definition) is 1. The summed E-state index contributed by atoms with van der Waals surface area (Å²) in [5.74, 6) is 5.20. The number of rotatable bonds is 3. The lowest BCUT2D eigenvalue weighted by molar-refractivity contribution is 0.0189. The van der Waals surface area contributed by atoms with Crippen molar-refractivity contribution in [2.45, 2.75) is 32.3 Å². The van der Waals surface area contributed by atoms with Crippen molar-refractivity contribution >= 4 is 0 Å². The monoisotopic (exact) mass is 179 g/mol. The zero-order valence-corrected chi connectivity index (χ0v) is 8.45. The predicted octanol–water partition coefficient (Wildman–Crippen LogP) is 2.24. The fraction of sp³-hybridized carbons (Fsp3) is 0.455. The van der Waals surface area contributed by atoms with E-state index in [1.807, 2.05) is 25.1 Å². The smallest absolute Gasteiger partial charge is 0.0850 e. The van der Waals surface area contributed by atoms with Gasteiger partial charge in [-0.25, -0.2) is 5.90 Å². The van der Waals surface area contributed by atoms with Crippen molar-refractivity contribution in [1.29, 1.82) is 0 Å². The van der Waals surface area contributed by atoms with Crippen molar-refractivity contribution < 1.29 is 4.84 Å². The van der Waals surface area contributed by atoms with Gasteiger partial charge in [0.1, 0.15) is 0 Å². The number of benzene rings is 1. The quantitative estimate of drug-likeness (QED) is 0.722. The van der Waals surface area contributed by atoms with Crippen molar-refractivity contribution in [2.75, 3.05) is 0 Å². The molecule has 0 aliphatic rings. The van der Waals surface area contributed by atoms with Crippen molar-refractivity contribution in [1.82, 2.24) is 0 Å². The third kappa shape index (κ3) is 2.08. The lowest BCUT2D eigenvalue weighted by Crippen LogP contribution is -2.35. The molecule has 2 heteroatoms. The summed E-state index contributed by atoms with van der Waals surface area (Å²) in [6.45, 7) is 6.23. The highest BCUT2D eigenvalue weighted by molar-refractivity contribution is 5.24. The molecule has 2 N–H and O–H groups in total. The van der Waals surface area contributed by atoms with Crippen LogP contribution in [0.25, 0.3) is 0 Å². The number of nitrogens with two attached hydrogens (primary N) is 1. The molecule has 0 heterocycles. The van der Waals surface area contributed by atoms with Crippen LogP contribution in [0.2, 0.25) is 0 Å². The molecule has 0 aliphatic carbocycles. The Hall–Kier alpha value is -0.860. The van der Waals surface area contributed by atoms with Gasteiger partial charge >= 0.3 is 0 Å². The largest absolute Gasteiger partial charge is 0.301 e. The van der Waals surface area contributed by atoms with Crippen molar-refractivity contribution in [3.63, 3.8) is 0 Å². The van der Waals surface area contributed by atoms with E-state index in [2.05, 4.69) is 26.0 Å². The highest BCUT2D eigenvalue weighted by Gasteiger charge is 2.27. The van der Waals surface area contributed by atoms with Crippen LogP contribution in [0.3, 0.4) is 0 Å². The summed E-state index contributed by atoms with van der Waals surface area (Å²) in [6, 6.07) is 10.2. The SMILES string of the molecule is CC(ON)C(C)(C)c1ccccc1. The van der Waals surface area contributed by atoms with Gasteiger partial charge in [0.05, 0.1) is 6.10 Å². The van der Waals surface area contributed by atoms with Gasteiger partial charge in [-0.2, -0.15) is 0 Å². The van der Waals surface area contributed by atoms with Crippen molar-refractivity contribution in [3.8, 4) is 0 Å². The minimum atomic E-state index is -0.0456. The highest BCUT2D eigenvalue weighted by atomic mass is 16.6. The van der Waals surface area contributed by atoms with E-state index < -0.39 is 0 Å². The fourth-order valence-electron chi connectivity index (χ4n) is 1.27. The Morgan fingerprint density at radius 2 is 1.77 bits per heavy atom. The van der Waals surface area contributed by atoms with E-state index in [1.54, 1.807) is 0 Å². The molecule has 0 bridgehead atoms. The highest BCUT2D eigenvalue weighted by Crippen LogP contribution is 2.27. The third-order valence-corrected chi connectivity index (χ3v) is 2.74. The van der Waals surface area contributed by atoms with Gasteiger partial charge in [-0.3, -0.25) is 0 Å². The lowest BCUT2D eigenvalue weighted by Gasteiger charge is -2.30. The molecule has 0 saturated carbocycles. The van der Waals surface area contributed by atoms with Crippen LogP contribution >= 0.6 is 0 Å². The molecule has 1 atom stereocenters. The molecule has 13 heavy (non-hydrogen) atoms. The lowest BCUT2D eigenvalue weighted by atomic mass is 9.80. The molecule has 72 valence electrons. The van der Waals surface area contributed by atoms with E-state index in [0.717, 1.165) is 0 Å². The Kier molecular flexibility index (Phi) is 3.07. The van der Waals surface area contributed by atoms with Crippen LogP contribution in [0.5, 0.6) is 0 Å². The second-order valence-corrected chi connectivity index (χ2v) is 3.87. The van der Waals surface area contributed by atoms with Gasteiger partial charge < -0.3 is 4.84 Å². The Labute approximate surface area is 79.7 Å². The predicted molar refractivity (Wildman–Crippen MR) is 54.2 cm³/mol. The van der Waals surface area contributed by atoms with Crippen molar-refractivity contribution in [2.24, 2.45) is 5.90 Å². The Bertz CT molecular complexity index is 256. The summed E-state index contributed by atoms with van der Waals surface area (Å²) in [4.78, 5) is 4.87. The summed E-state index contributed by atoms with van der Waals surface area (Å²) < 4.78 is 0. The van der Waals surface area contributed by atoms with Gasteiger partial charge in [-0.1, -0.05) is 44.2 Å². The first-order valence-corrected chi connectivity index (χ1v) is 4.50. The average Bonchev–Trinajstić information content (AvgIpc) is 2.18. The Balaban J connectivity index is 2.93. The zero-order chi connectivity index (χ0) is 9.90. The Morgan fingerprint density at radius 1 is 1.23 bits per heavy atom. The van der Waals surface area contributed by atoms with Gasteiger partial charge in [0.2, 0.25) is 0 Å². The van der Waals surface area contributed by atoms with Crippen LogP contribution in [-0.2, 0) is 10.3 Å². The zero-order valence-electron chi connectivity index (χ0n) is 8.45. The first kappa shape index (κ1) is 10.2. The molecule has 1 aromatic rings. The fourth-order valence-corrected chi connectivity index (χ4v) is 1.27. The molecule has 2 nitrogen and oxygen atoms in total. The van der Waals surface area contributed by atoms with Crippen molar-refractivity contribution in [3.05, 3.63) is 35.9 Å². The second kappa shape index (κ2) is 3.90. The van der Waals surface area contributed by atoms with E-state index in [4.69, 9.17) is 10.7 Å². The summed E-state index contributed by atoms with van der Waals surface area (Å²) >= 11 is 0. The summed E-state index contributed by atoms with van der Waals surface area (Å²) in [5.41, 5.74) is 1.20. The number of hydrogen-bond acceptors (Lipinski definition) is 2. The molecule has 0 aromatic heterocycles. The summed E-state index contributed by atoms with van der Waals surface area (Å²) in [6.07, 6.45) is 0.00917. The van der Waals surface area contributed by atoms with Gasteiger partial charge in [0.25, 0.3) is 0 Å². The minimum Gasteiger partial charge on any atom is -0.301 e. The maximum Gasteiger partial charge on any atom is 0.0850 e. The Morgan fingerprint density at radius 3 is 2.23 bits per heavy atom. The van der Waals surface area contributed by atoms with E-state index >= 15 is 0 Å². The summed E-state index contributed by atoms with van der Waals surface area (Å²) in [7, 11) is 0. The molecule has 0 aliphatic heterocycles. The molecule has 0 radical (unpaired) electrons. The van der Waals surface area contributed by atoms with Crippen LogP contribution in [0.4, 0.5) is 0 Å². The van der Waals surface area contributed by atoms with Gasteiger partial charge in [-0.15, -0.1) is 0 Å². The van der Waals surface area contributed by atoms with Gasteiger partial charge in [-0.05, 0) is 12.5 Å². The van der Waals surface area contributed by atoms with Crippen LogP contribution in [0.15, 0.2) is 30.3 Å². The maximum absolute atomic E-state index is 5.20. The molecule has 1 aromatic carbocycles. The molecule has 0 amide bonds. The first-order chi connectivity index (χ1) is 6.09. The minimum absolute atomic E-state index is 0.00917. The topological polar surface area (TPSA) is 35.2 Å². The maximum atomic E-state index is 5.20. The first-order valence-electron chi connectivity index (χ1n) is 4.50. The average molecular weight is 179 g/mol. The second-order valence-electron chi connectivity index (χ2n) is 3.87.